The van der Waals surface area contributed by atoms with E-state index in [1.807, 2.05) is 0 Å². The van der Waals surface area contributed by atoms with E-state index >= 15 is 0 Å². The summed E-state index contributed by atoms with van der Waals surface area (Å²) in [5.74, 6) is 0. The summed E-state index contributed by atoms with van der Waals surface area (Å²) in [5.41, 5.74) is 5.03. The molecule has 2 N–H and O–H groups in total. The number of halogens is 2. The van der Waals surface area contributed by atoms with Crippen molar-refractivity contribution in [1.82, 2.24) is 15.5 Å². The number of nitrogens with zero attached hydrogens (tertiary/aromatic N) is 1. The predicted octanol–water partition coefficient (Wildman–Crippen LogP) is 0.503. The minimum Gasteiger partial charge on any atom is -0.291 e. The van der Waals surface area contributed by atoms with Crippen molar-refractivity contribution in [2.75, 3.05) is 0 Å². The van der Waals surface area contributed by atoms with Gasteiger partial charge in [-0.3, -0.25) is 5.43 Å². The van der Waals surface area contributed by atoms with Gasteiger partial charge in [-0.15, -0.1) is 5.53 Å². The van der Waals surface area contributed by atoms with E-state index in [0.717, 1.165) is 0 Å². The standard InChI is InChI=1S/C2H3Cl2N3/c3-2-1-7(4)6-5-2/h1,5-6H. The van der Waals surface area contributed by atoms with E-state index in [1.165, 1.54) is 10.7 Å². The Balaban J connectivity index is 2.50. The van der Waals surface area contributed by atoms with Crippen LogP contribution in [-0.4, -0.2) is 4.53 Å². The van der Waals surface area contributed by atoms with Crippen LogP contribution in [0.4, 0.5) is 0 Å². The van der Waals surface area contributed by atoms with Crippen LogP contribution in [0.2, 0.25) is 0 Å². The number of nitrogens with one attached hydrogen (secondary N) is 2. The van der Waals surface area contributed by atoms with Crippen LogP contribution < -0.4 is 11.0 Å². The van der Waals surface area contributed by atoms with E-state index in [-0.39, 0.29) is 0 Å². The molecule has 0 aromatic rings. The minimum atomic E-state index is 0.481. The van der Waals surface area contributed by atoms with Crippen LogP contribution in [0.15, 0.2) is 11.4 Å². The van der Waals surface area contributed by atoms with Crippen molar-refractivity contribution in [3.63, 3.8) is 0 Å². The monoisotopic (exact) mass is 139 g/mol. The van der Waals surface area contributed by atoms with Gasteiger partial charge in [-0.25, -0.2) is 4.53 Å². The molecule has 0 aliphatic carbocycles. The fourth-order valence-electron chi connectivity index (χ4n) is 0.271. The van der Waals surface area contributed by atoms with E-state index in [2.05, 4.69) is 11.0 Å². The lowest BCUT2D eigenvalue weighted by atomic mass is 11.0. The second-order valence-electron chi connectivity index (χ2n) is 1.03. The molecule has 1 rings (SSSR count). The van der Waals surface area contributed by atoms with Gasteiger partial charge >= 0.3 is 0 Å². The molecule has 3 nitrogen and oxygen atoms in total. The molecule has 0 saturated heterocycles. The molecule has 0 aromatic carbocycles. The lowest BCUT2D eigenvalue weighted by Crippen LogP contribution is -2.29. The fraction of sp³-hybridized carbons (Fsp3) is 0. The molecule has 7 heavy (non-hydrogen) atoms. The zero-order valence-electron chi connectivity index (χ0n) is 3.28. The van der Waals surface area contributed by atoms with Crippen LogP contribution in [0.1, 0.15) is 0 Å². The Morgan fingerprint density at radius 1 is 1.71 bits per heavy atom. The third kappa shape index (κ3) is 1.12. The van der Waals surface area contributed by atoms with Crippen molar-refractivity contribution in [2.45, 2.75) is 0 Å². The van der Waals surface area contributed by atoms with Crippen LogP contribution >= 0.6 is 23.4 Å². The van der Waals surface area contributed by atoms with Crippen molar-refractivity contribution >= 4 is 23.4 Å². The summed E-state index contributed by atoms with van der Waals surface area (Å²) in [6.07, 6.45) is 1.50. The minimum absolute atomic E-state index is 0.481. The molecule has 0 saturated carbocycles. The second-order valence-corrected chi connectivity index (χ2v) is 1.80. The molecule has 0 spiro atoms. The van der Waals surface area contributed by atoms with E-state index < -0.39 is 0 Å². The van der Waals surface area contributed by atoms with Crippen LogP contribution in [0.5, 0.6) is 0 Å². The molecule has 0 unspecified atom stereocenters. The molecule has 0 fully saturated rings. The second kappa shape index (κ2) is 1.78. The van der Waals surface area contributed by atoms with E-state index in [1.54, 1.807) is 0 Å². The highest BCUT2D eigenvalue weighted by Gasteiger charge is 2.02. The Hall–Kier alpha value is -0.120. The quantitative estimate of drug-likeness (QED) is 0.379. The summed E-state index contributed by atoms with van der Waals surface area (Å²) in [6.45, 7) is 0. The molecule has 1 aliphatic heterocycles. The molecular weight excluding hydrogens is 137 g/mol. The van der Waals surface area contributed by atoms with E-state index in [9.17, 15) is 0 Å². The summed E-state index contributed by atoms with van der Waals surface area (Å²) in [7, 11) is 0. The Bertz CT molecular complexity index is 101. The SMILES string of the molecule is ClC1=CN(Cl)NN1. The van der Waals surface area contributed by atoms with Gasteiger partial charge in [-0.05, 0) is 0 Å². The van der Waals surface area contributed by atoms with Gasteiger partial charge in [0.15, 0.2) is 0 Å². The van der Waals surface area contributed by atoms with Gasteiger partial charge in [0.2, 0.25) is 0 Å². The average molecular weight is 140 g/mol. The van der Waals surface area contributed by atoms with Gasteiger partial charge in [0, 0.05) is 11.8 Å². The third-order valence-corrected chi connectivity index (χ3v) is 0.883. The highest BCUT2D eigenvalue weighted by Crippen LogP contribution is 2.03. The molecule has 0 amide bonds. The average Bonchev–Trinajstić information content (AvgIpc) is 1.87. The van der Waals surface area contributed by atoms with Gasteiger partial charge < -0.3 is 0 Å². The molecular formula is C2H3Cl2N3. The summed E-state index contributed by atoms with van der Waals surface area (Å²) in [6, 6.07) is 0. The lowest BCUT2D eigenvalue weighted by Gasteiger charge is -1.99. The number of hydrogen-bond donors (Lipinski definition) is 2. The summed E-state index contributed by atoms with van der Waals surface area (Å²) < 4.78 is 1.20. The summed E-state index contributed by atoms with van der Waals surface area (Å²) >= 11 is 10.7. The van der Waals surface area contributed by atoms with Crippen LogP contribution in [-0.2, 0) is 0 Å². The fourth-order valence-corrected chi connectivity index (χ4v) is 0.601. The van der Waals surface area contributed by atoms with Crippen molar-refractivity contribution in [3.8, 4) is 0 Å². The summed E-state index contributed by atoms with van der Waals surface area (Å²) in [4.78, 5) is 0. The molecule has 1 aliphatic rings. The maximum atomic E-state index is 5.37. The highest BCUT2D eigenvalue weighted by molar-refractivity contribution is 6.29. The van der Waals surface area contributed by atoms with Gasteiger partial charge in [-0.2, -0.15) is 0 Å². The van der Waals surface area contributed by atoms with E-state index in [4.69, 9.17) is 23.4 Å². The molecule has 40 valence electrons. The molecule has 0 bridgehead atoms. The molecule has 0 atom stereocenters. The first kappa shape index (κ1) is 5.03. The normalized spacial score (nSPS) is 19.1. The Kier molecular flexibility index (Phi) is 1.27. The van der Waals surface area contributed by atoms with Crippen molar-refractivity contribution in [3.05, 3.63) is 11.4 Å². The van der Waals surface area contributed by atoms with Gasteiger partial charge in [0.1, 0.15) is 5.16 Å². The maximum Gasteiger partial charge on any atom is 0.137 e. The zero-order valence-corrected chi connectivity index (χ0v) is 4.79. The van der Waals surface area contributed by atoms with Crippen molar-refractivity contribution in [2.24, 2.45) is 0 Å². The molecule has 1 heterocycles. The Morgan fingerprint density at radius 2 is 2.43 bits per heavy atom. The Morgan fingerprint density at radius 3 is 2.57 bits per heavy atom. The smallest absolute Gasteiger partial charge is 0.137 e. The van der Waals surface area contributed by atoms with E-state index in [0.29, 0.717) is 5.16 Å². The first-order valence-corrected chi connectivity index (χ1v) is 2.34. The highest BCUT2D eigenvalue weighted by atomic mass is 35.5. The Labute approximate surface area is 50.9 Å². The van der Waals surface area contributed by atoms with Crippen molar-refractivity contribution < 1.29 is 0 Å². The van der Waals surface area contributed by atoms with Gasteiger partial charge in [-0.1, -0.05) is 11.6 Å². The number of hydrogen-bond acceptors (Lipinski definition) is 3. The predicted molar refractivity (Wildman–Crippen MR) is 27.9 cm³/mol. The number of hydrazine groups is 2. The van der Waals surface area contributed by atoms with Gasteiger partial charge in [0.05, 0.1) is 6.20 Å². The summed E-state index contributed by atoms with van der Waals surface area (Å²) in [5, 5.41) is 0.481. The molecule has 0 aromatic heterocycles. The lowest BCUT2D eigenvalue weighted by molar-refractivity contribution is 0.434. The van der Waals surface area contributed by atoms with Crippen molar-refractivity contribution in [1.29, 1.82) is 0 Å². The molecule has 0 radical (unpaired) electrons. The number of rotatable bonds is 0. The first-order chi connectivity index (χ1) is 3.29. The topological polar surface area (TPSA) is 27.3 Å². The molecule has 5 heteroatoms. The van der Waals surface area contributed by atoms with Crippen LogP contribution in [0.3, 0.4) is 0 Å². The van der Waals surface area contributed by atoms with Gasteiger partial charge in [0.25, 0.3) is 0 Å². The largest absolute Gasteiger partial charge is 0.291 e. The zero-order chi connectivity index (χ0) is 5.28. The van der Waals surface area contributed by atoms with Crippen LogP contribution in [0.25, 0.3) is 0 Å². The first-order valence-electron chi connectivity index (χ1n) is 1.63. The third-order valence-electron chi connectivity index (χ3n) is 0.509. The van der Waals surface area contributed by atoms with Crippen LogP contribution in [0, 0.1) is 0 Å². The maximum absolute atomic E-state index is 5.37.